The molecule has 3 aliphatic rings. The summed E-state index contributed by atoms with van der Waals surface area (Å²) in [5, 5.41) is 3.49. The SMILES string of the molecule is CC(C)CNCc1ncoc1C1C2C3CCC(C3)C12. The molecule has 1 heterocycles. The summed E-state index contributed by atoms with van der Waals surface area (Å²) in [4.78, 5) is 4.44. The van der Waals surface area contributed by atoms with Gasteiger partial charge in [0.1, 0.15) is 5.76 Å². The van der Waals surface area contributed by atoms with Crippen LogP contribution in [-0.4, -0.2) is 11.5 Å². The van der Waals surface area contributed by atoms with Crippen molar-refractivity contribution in [2.24, 2.45) is 29.6 Å². The van der Waals surface area contributed by atoms with Gasteiger partial charge < -0.3 is 9.73 Å². The van der Waals surface area contributed by atoms with Crippen LogP contribution in [0.15, 0.2) is 10.8 Å². The van der Waals surface area contributed by atoms with Crippen molar-refractivity contribution in [3.8, 4) is 0 Å². The molecule has 0 saturated heterocycles. The molecular weight excluding hydrogens is 236 g/mol. The Bertz CT molecular complexity index is 451. The smallest absolute Gasteiger partial charge is 0.181 e. The summed E-state index contributed by atoms with van der Waals surface area (Å²) in [5.41, 5.74) is 1.17. The van der Waals surface area contributed by atoms with E-state index in [1.54, 1.807) is 6.39 Å². The first-order valence-corrected chi connectivity index (χ1v) is 7.88. The Kier molecular flexibility index (Phi) is 2.73. The highest BCUT2D eigenvalue weighted by molar-refractivity contribution is 5.29. The molecule has 4 atom stereocenters. The van der Waals surface area contributed by atoms with Gasteiger partial charge in [0, 0.05) is 12.5 Å². The first-order valence-electron chi connectivity index (χ1n) is 7.88. The minimum absolute atomic E-state index is 0.687. The van der Waals surface area contributed by atoms with E-state index in [1.807, 2.05) is 0 Å². The zero-order valence-corrected chi connectivity index (χ0v) is 11.9. The van der Waals surface area contributed by atoms with E-state index in [-0.39, 0.29) is 0 Å². The highest BCUT2D eigenvalue weighted by atomic mass is 16.3. The number of aromatic nitrogens is 1. The van der Waals surface area contributed by atoms with Crippen LogP contribution in [0.4, 0.5) is 0 Å². The molecule has 19 heavy (non-hydrogen) atoms. The first-order chi connectivity index (χ1) is 9.25. The molecule has 0 aromatic carbocycles. The third kappa shape index (κ3) is 1.85. The van der Waals surface area contributed by atoms with Crippen molar-refractivity contribution in [1.82, 2.24) is 10.3 Å². The quantitative estimate of drug-likeness (QED) is 0.883. The standard InChI is InChI=1S/C16H24N2O/c1-9(2)6-17-7-12-16(19-8-18-12)15-13-10-3-4-11(5-10)14(13)15/h8-11,13-15,17H,3-7H2,1-2H3. The van der Waals surface area contributed by atoms with Gasteiger partial charge in [-0.1, -0.05) is 13.8 Å². The molecule has 3 saturated carbocycles. The van der Waals surface area contributed by atoms with Gasteiger partial charge in [0.15, 0.2) is 6.39 Å². The van der Waals surface area contributed by atoms with Crippen LogP contribution < -0.4 is 5.32 Å². The fraction of sp³-hybridized carbons (Fsp3) is 0.812. The van der Waals surface area contributed by atoms with Crippen LogP contribution >= 0.6 is 0 Å². The molecule has 1 aromatic rings. The maximum atomic E-state index is 5.76. The van der Waals surface area contributed by atoms with Crippen LogP contribution in [0.1, 0.15) is 50.5 Å². The molecule has 3 heteroatoms. The lowest BCUT2D eigenvalue weighted by molar-refractivity contribution is 0.436. The number of oxazole rings is 1. The van der Waals surface area contributed by atoms with E-state index in [0.29, 0.717) is 11.8 Å². The molecule has 0 radical (unpaired) electrons. The number of rotatable bonds is 5. The van der Waals surface area contributed by atoms with Gasteiger partial charge in [0.25, 0.3) is 0 Å². The van der Waals surface area contributed by atoms with E-state index in [9.17, 15) is 0 Å². The molecule has 3 aliphatic carbocycles. The van der Waals surface area contributed by atoms with Crippen molar-refractivity contribution in [3.63, 3.8) is 0 Å². The maximum absolute atomic E-state index is 5.76. The second kappa shape index (κ2) is 4.34. The largest absolute Gasteiger partial charge is 0.448 e. The molecule has 0 amide bonds. The van der Waals surface area contributed by atoms with Gasteiger partial charge in [-0.15, -0.1) is 0 Å². The first kappa shape index (κ1) is 12.0. The minimum atomic E-state index is 0.687. The molecule has 0 spiro atoms. The third-order valence-electron chi connectivity index (χ3n) is 5.56. The van der Waals surface area contributed by atoms with Crippen LogP contribution in [0, 0.1) is 29.6 Å². The zero-order valence-electron chi connectivity index (χ0n) is 11.9. The lowest BCUT2D eigenvalue weighted by atomic mass is 10.00. The average Bonchev–Trinajstić information content (AvgIpc) is 2.78. The number of nitrogens with zero attached hydrogens (tertiary/aromatic N) is 1. The Morgan fingerprint density at radius 1 is 1.32 bits per heavy atom. The monoisotopic (exact) mass is 260 g/mol. The van der Waals surface area contributed by atoms with Crippen LogP contribution in [0.25, 0.3) is 0 Å². The van der Waals surface area contributed by atoms with Crippen molar-refractivity contribution in [3.05, 3.63) is 17.8 Å². The van der Waals surface area contributed by atoms with E-state index in [1.165, 1.54) is 30.7 Å². The van der Waals surface area contributed by atoms with Gasteiger partial charge in [-0.25, -0.2) is 4.98 Å². The van der Waals surface area contributed by atoms with Gasteiger partial charge in [-0.05, 0) is 55.4 Å². The van der Waals surface area contributed by atoms with Crippen molar-refractivity contribution in [2.45, 2.75) is 45.6 Å². The fourth-order valence-electron chi connectivity index (χ4n) is 4.84. The third-order valence-corrected chi connectivity index (χ3v) is 5.56. The van der Waals surface area contributed by atoms with Gasteiger partial charge in [0.2, 0.25) is 0 Å². The van der Waals surface area contributed by atoms with Gasteiger partial charge in [-0.2, -0.15) is 0 Å². The van der Waals surface area contributed by atoms with Gasteiger partial charge in [0.05, 0.1) is 5.69 Å². The molecule has 3 fully saturated rings. The van der Waals surface area contributed by atoms with E-state index >= 15 is 0 Å². The minimum Gasteiger partial charge on any atom is -0.448 e. The van der Waals surface area contributed by atoms with Crippen molar-refractivity contribution < 1.29 is 4.42 Å². The summed E-state index contributed by atoms with van der Waals surface area (Å²) in [7, 11) is 0. The summed E-state index contributed by atoms with van der Waals surface area (Å²) in [6, 6.07) is 0. The predicted molar refractivity (Wildman–Crippen MR) is 73.6 cm³/mol. The summed E-state index contributed by atoms with van der Waals surface area (Å²) in [6.45, 7) is 6.39. The molecule has 4 unspecified atom stereocenters. The van der Waals surface area contributed by atoms with E-state index in [2.05, 4.69) is 24.1 Å². The Balaban J connectivity index is 1.44. The van der Waals surface area contributed by atoms with Gasteiger partial charge in [-0.3, -0.25) is 0 Å². The molecular formula is C16H24N2O. The molecule has 1 N–H and O–H groups in total. The molecule has 2 bridgehead atoms. The van der Waals surface area contributed by atoms with Crippen molar-refractivity contribution in [1.29, 1.82) is 0 Å². The van der Waals surface area contributed by atoms with Crippen LogP contribution in [-0.2, 0) is 6.54 Å². The predicted octanol–water partition coefficient (Wildman–Crippen LogP) is 3.18. The molecule has 0 aliphatic heterocycles. The summed E-state index contributed by atoms with van der Waals surface area (Å²) in [5.74, 6) is 6.49. The zero-order chi connectivity index (χ0) is 13.0. The maximum Gasteiger partial charge on any atom is 0.181 e. The highest BCUT2D eigenvalue weighted by Crippen LogP contribution is 2.73. The second-order valence-electron chi connectivity index (χ2n) is 7.20. The lowest BCUT2D eigenvalue weighted by Gasteiger charge is -2.09. The van der Waals surface area contributed by atoms with Crippen LogP contribution in [0.2, 0.25) is 0 Å². The average molecular weight is 260 g/mol. The normalized spacial score (nSPS) is 39.0. The van der Waals surface area contributed by atoms with Crippen molar-refractivity contribution >= 4 is 0 Å². The van der Waals surface area contributed by atoms with Crippen LogP contribution in [0.5, 0.6) is 0 Å². The number of nitrogens with one attached hydrogen (secondary N) is 1. The van der Waals surface area contributed by atoms with E-state index in [0.717, 1.165) is 36.8 Å². The Labute approximate surface area is 115 Å². The Morgan fingerprint density at radius 2 is 2.05 bits per heavy atom. The Hall–Kier alpha value is -0.830. The summed E-state index contributed by atoms with van der Waals surface area (Å²) < 4.78 is 5.76. The molecule has 104 valence electrons. The number of hydrogen-bond donors (Lipinski definition) is 1. The second-order valence-corrected chi connectivity index (χ2v) is 7.20. The number of hydrogen-bond acceptors (Lipinski definition) is 3. The van der Waals surface area contributed by atoms with E-state index < -0.39 is 0 Å². The highest BCUT2D eigenvalue weighted by Gasteiger charge is 2.66. The fourth-order valence-corrected chi connectivity index (χ4v) is 4.84. The van der Waals surface area contributed by atoms with Gasteiger partial charge >= 0.3 is 0 Å². The molecule has 3 nitrogen and oxygen atoms in total. The van der Waals surface area contributed by atoms with E-state index in [4.69, 9.17) is 4.42 Å². The lowest BCUT2D eigenvalue weighted by Crippen LogP contribution is -2.20. The number of fused-ring (bicyclic) bond motifs is 5. The van der Waals surface area contributed by atoms with Crippen molar-refractivity contribution in [2.75, 3.05) is 6.54 Å². The Morgan fingerprint density at radius 3 is 2.74 bits per heavy atom. The summed E-state index contributed by atoms with van der Waals surface area (Å²) in [6.07, 6.45) is 6.09. The molecule has 1 aromatic heterocycles. The topological polar surface area (TPSA) is 38.1 Å². The summed E-state index contributed by atoms with van der Waals surface area (Å²) >= 11 is 0. The van der Waals surface area contributed by atoms with Crippen LogP contribution in [0.3, 0.4) is 0 Å². The molecule has 4 rings (SSSR count).